The van der Waals surface area contributed by atoms with Crippen LogP contribution in [-0.2, 0) is 19.1 Å². The van der Waals surface area contributed by atoms with Crippen molar-refractivity contribution < 1.29 is 28.2 Å². The minimum absolute atomic E-state index is 0.000457. The van der Waals surface area contributed by atoms with Crippen molar-refractivity contribution in [1.82, 2.24) is 5.32 Å². The van der Waals surface area contributed by atoms with Crippen molar-refractivity contribution in [1.29, 1.82) is 0 Å². The van der Waals surface area contributed by atoms with Crippen LogP contribution < -0.4 is 5.32 Å². The van der Waals surface area contributed by atoms with E-state index in [2.05, 4.69) is 14.8 Å². The summed E-state index contributed by atoms with van der Waals surface area (Å²) >= 11 is 0. The summed E-state index contributed by atoms with van der Waals surface area (Å²) in [5.41, 5.74) is -0.190. The molecular formula is C14H16FNO5. The van der Waals surface area contributed by atoms with Crippen molar-refractivity contribution in [2.24, 2.45) is 0 Å². The summed E-state index contributed by atoms with van der Waals surface area (Å²) in [4.78, 5) is 34.6. The Morgan fingerprint density at radius 1 is 1.19 bits per heavy atom. The van der Waals surface area contributed by atoms with E-state index in [0.717, 1.165) is 13.2 Å². The van der Waals surface area contributed by atoms with Crippen molar-refractivity contribution in [3.05, 3.63) is 35.6 Å². The molecule has 7 heteroatoms. The molecule has 0 saturated carbocycles. The van der Waals surface area contributed by atoms with Crippen LogP contribution in [0.4, 0.5) is 4.39 Å². The largest absolute Gasteiger partial charge is 0.469 e. The van der Waals surface area contributed by atoms with Gasteiger partial charge in [0.15, 0.2) is 0 Å². The first-order chi connectivity index (χ1) is 9.99. The predicted octanol–water partition coefficient (Wildman–Crippen LogP) is 1.05. The van der Waals surface area contributed by atoms with Crippen molar-refractivity contribution in [2.45, 2.75) is 18.9 Å². The highest BCUT2D eigenvalue weighted by atomic mass is 19.1. The van der Waals surface area contributed by atoms with Gasteiger partial charge >= 0.3 is 11.9 Å². The van der Waals surface area contributed by atoms with Crippen LogP contribution in [0.2, 0.25) is 0 Å². The number of carbonyl (C=O) groups is 3. The molecule has 1 aromatic carbocycles. The van der Waals surface area contributed by atoms with Gasteiger partial charge in [-0.2, -0.15) is 0 Å². The van der Waals surface area contributed by atoms with E-state index in [0.29, 0.717) is 0 Å². The summed E-state index contributed by atoms with van der Waals surface area (Å²) in [6.45, 7) is 0. The Bertz CT molecular complexity index is 532. The number of halogens is 1. The van der Waals surface area contributed by atoms with Crippen LogP contribution >= 0.6 is 0 Å². The maximum absolute atomic E-state index is 13.5. The Kier molecular flexibility index (Phi) is 6.32. The number of hydrogen-bond donors (Lipinski definition) is 1. The molecule has 0 aliphatic carbocycles. The quantitative estimate of drug-likeness (QED) is 0.794. The van der Waals surface area contributed by atoms with Crippen molar-refractivity contribution >= 4 is 17.8 Å². The molecule has 0 spiro atoms. The summed E-state index contributed by atoms with van der Waals surface area (Å²) in [7, 11) is 2.37. The van der Waals surface area contributed by atoms with Crippen LogP contribution in [0.15, 0.2) is 24.3 Å². The summed E-state index contributed by atoms with van der Waals surface area (Å²) in [6.07, 6.45) is -0.0760. The standard InChI is InChI=1S/C14H16FNO5/c1-20-12(17)8-7-11(14(19)21-2)16-13(18)9-5-3-4-6-10(9)15/h3-6,11H,7-8H2,1-2H3,(H,16,18)/t11-/m0/s1. The van der Waals surface area contributed by atoms with Crippen LogP contribution in [0.25, 0.3) is 0 Å². The number of methoxy groups -OCH3 is 2. The number of carbonyl (C=O) groups excluding carboxylic acids is 3. The number of hydrogen-bond acceptors (Lipinski definition) is 5. The Hall–Kier alpha value is -2.44. The van der Waals surface area contributed by atoms with E-state index >= 15 is 0 Å². The second kappa shape index (κ2) is 7.98. The maximum atomic E-state index is 13.5. The molecule has 0 aliphatic rings. The molecule has 0 aliphatic heterocycles. The number of ether oxygens (including phenoxy) is 2. The normalized spacial score (nSPS) is 11.4. The van der Waals surface area contributed by atoms with Crippen molar-refractivity contribution in [2.75, 3.05) is 14.2 Å². The van der Waals surface area contributed by atoms with Gasteiger partial charge in [0, 0.05) is 6.42 Å². The molecule has 0 bridgehead atoms. The molecule has 1 rings (SSSR count). The Labute approximate surface area is 121 Å². The fourth-order valence-electron chi connectivity index (χ4n) is 1.64. The fraction of sp³-hybridized carbons (Fsp3) is 0.357. The Morgan fingerprint density at radius 2 is 1.86 bits per heavy atom. The molecule has 0 radical (unpaired) electrons. The Morgan fingerprint density at radius 3 is 2.43 bits per heavy atom. The smallest absolute Gasteiger partial charge is 0.328 e. The van der Waals surface area contributed by atoms with Crippen LogP contribution in [0.1, 0.15) is 23.2 Å². The van der Waals surface area contributed by atoms with Crippen molar-refractivity contribution in [3.8, 4) is 0 Å². The molecule has 0 heterocycles. The molecule has 0 unspecified atom stereocenters. The van der Waals surface area contributed by atoms with E-state index in [1.807, 2.05) is 0 Å². The zero-order chi connectivity index (χ0) is 15.8. The van der Waals surface area contributed by atoms with Gasteiger partial charge in [-0.15, -0.1) is 0 Å². The van der Waals surface area contributed by atoms with Gasteiger partial charge in [-0.3, -0.25) is 9.59 Å². The third-order valence-corrected chi connectivity index (χ3v) is 2.77. The molecule has 21 heavy (non-hydrogen) atoms. The number of nitrogens with one attached hydrogen (secondary N) is 1. The van der Waals surface area contributed by atoms with E-state index in [9.17, 15) is 18.8 Å². The highest BCUT2D eigenvalue weighted by Crippen LogP contribution is 2.08. The first-order valence-corrected chi connectivity index (χ1v) is 6.19. The molecule has 1 N–H and O–H groups in total. The zero-order valence-corrected chi connectivity index (χ0v) is 11.7. The van der Waals surface area contributed by atoms with Crippen LogP contribution in [0.5, 0.6) is 0 Å². The predicted molar refractivity (Wildman–Crippen MR) is 70.9 cm³/mol. The molecule has 1 aromatic rings. The second-order valence-electron chi connectivity index (χ2n) is 4.14. The van der Waals surface area contributed by atoms with Gasteiger partial charge < -0.3 is 14.8 Å². The second-order valence-corrected chi connectivity index (χ2v) is 4.14. The molecule has 1 atom stereocenters. The van der Waals surface area contributed by atoms with Gasteiger partial charge in [-0.25, -0.2) is 9.18 Å². The highest BCUT2D eigenvalue weighted by molar-refractivity contribution is 5.97. The first kappa shape index (κ1) is 16.6. The van der Waals surface area contributed by atoms with Crippen LogP contribution in [0, 0.1) is 5.82 Å². The van der Waals surface area contributed by atoms with Gasteiger partial charge in [0.25, 0.3) is 5.91 Å². The summed E-state index contributed by atoms with van der Waals surface area (Å²) in [5, 5.41) is 2.34. The third-order valence-electron chi connectivity index (χ3n) is 2.77. The van der Waals surface area contributed by atoms with Gasteiger partial charge in [-0.05, 0) is 18.6 Å². The van der Waals surface area contributed by atoms with Crippen molar-refractivity contribution in [3.63, 3.8) is 0 Å². The lowest BCUT2D eigenvalue weighted by molar-refractivity contribution is -0.144. The van der Waals surface area contributed by atoms with E-state index in [4.69, 9.17) is 0 Å². The zero-order valence-electron chi connectivity index (χ0n) is 11.7. The Balaban J connectivity index is 2.76. The minimum Gasteiger partial charge on any atom is -0.469 e. The van der Waals surface area contributed by atoms with E-state index in [1.165, 1.54) is 25.3 Å². The monoisotopic (exact) mass is 297 g/mol. The number of esters is 2. The summed E-state index contributed by atoms with van der Waals surface area (Å²) in [5.74, 6) is -2.70. The van der Waals surface area contributed by atoms with E-state index < -0.39 is 29.7 Å². The molecule has 1 amide bonds. The van der Waals surface area contributed by atoms with E-state index in [-0.39, 0.29) is 18.4 Å². The molecule has 0 saturated heterocycles. The first-order valence-electron chi connectivity index (χ1n) is 6.19. The van der Waals surface area contributed by atoms with Crippen LogP contribution in [-0.4, -0.2) is 38.1 Å². The average molecular weight is 297 g/mol. The van der Waals surface area contributed by atoms with Gasteiger partial charge in [-0.1, -0.05) is 12.1 Å². The minimum atomic E-state index is -1.05. The topological polar surface area (TPSA) is 81.7 Å². The SMILES string of the molecule is COC(=O)CC[C@H](NC(=O)c1ccccc1F)C(=O)OC. The molecule has 6 nitrogen and oxygen atoms in total. The van der Waals surface area contributed by atoms with E-state index in [1.54, 1.807) is 0 Å². The maximum Gasteiger partial charge on any atom is 0.328 e. The number of benzene rings is 1. The number of rotatable bonds is 6. The summed E-state index contributed by atoms with van der Waals surface area (Å²) in [6, 6.07) is 4.32. The average Bonchev–Trinajstić information content (AvgIpc) is 2.50. The number of amides is 1. The van der Waals surface area contributed by atoms with Gasteiger partial charge in [0.2, 0.25) is 0 Å². The fourth-order valence-corrected chi connectivity index (χ4v) is 1.64. The summed E-state index contributed by atoms with van der Waals surface area (Å²) < 4.78 is 22.5. The molecule has 0 fully saturated rings. The highest BCUT2D eigenvalue weighted by Gasteiger charge is 2.24. The molecule has 0 aromatic heterocycles. The van der Waals surface area contributed by atoms with Gasteiger partial charge in [0.05, 0.1) is 19.8 Å². The third kappa shape index (κ3) is 4.87. The lowest BCUT2D eigenvalue weighted by Crippen LogP contribution is -2.42. The lowest BCUT2D eigenvalue weighted by atomic mass is 10.1. The van der Waals surface area contributed by atoms with Crippen LogP contribution in [0.3, 0.4) is 0 Å². The lowest BCUT2D eigenvalue weighted by Gasteiger charge is -2.16. The molecular weight excluding hydrogens is 281 g/mol. The van der Waals surface area contributed by atoms with Gasteiger partial charge in [0.1, 0.15) is 11.9 Å². The molecule has 114 valence electrons.